The van der Waals surface area contributed by atoms with Gasteiger partial charge in [-0.2, -0.15) is 8.42 Å². The molecule has 2 aliphatic rings. The van der Waals surface area contributed by atoms with Crippen LogP contribution in [0.25, 0.3) is 4.91 Å². The van der Waals surface area contributed by atoms with E-state index in [2.05, 4.69) is 18.2 Å². The Morgan fingerprint density at radius 3 is 2.26 bits per heavy atom. The number of rotatable bonds is 6. The summed E-state index contributed by atoms with van der Waals surface area (Å²) in [7, 11) is -3.73. The van der Waals surface area contributed by atoms with E-state index >= 15 is 0 Å². The van der Waals surface area contributed by atoms with Crippen molar-refractivity contribution in [1.29, 1.82) is 0 Å². The molecular weight excluding hydrogens is 410 g/mol. The number of carbonyl (C=O) groups excluding carboxylic acids is 1. The molecule has 2 aliphatic heterocycles. The highest BCUT2D eigenvalue weighted by atomic mass is 32.2. The van der Waals surface area contributed by atoms with E-state index in [0.717, 1.165) is 37.7 Å². The third-order valence-corrected chi connectivity index (χ3v) is 7.66. The van der Waals surface area contributed by atoms with Crippen LogP contribution in [-0.2, 0) is 14.8 Å². The van der Waals surface area contributed by atoms with E-state index in [0.29, 0.717) is 48.1 Å². The average molecular weight is 446 g/mol. The lowest BCUT2D eigenvalue weighted by molar-refractivity contribution is -0.135. The van der Waals surface area contributed by atoms with Crippen LogP contribution in [0, 0.1) is 12.8 Å². The van der Waals surface area contributed by atoms with Gasteiger partial charge in [-0.3, -0.25) is 4.79 Å². The van der Waals surface area contributed by atoms with E-state index in [1.807, 2.05) is 47.9 Å². The quantitative estimate of drug-likeness (QED) is 0.657. The van der Waals surface area contributed by atoms with E-state index < -0.39 is 10.0 Å². The molecule has 0 radical (unpaired) electrons. The Bertz CT molecular complexity index is 958. The summed E-state index contributed by atoms with van der Waals surface area (Å²) in [5.41, 5.74) is 2.45. The predicted octanol–water partition coefficient (Wildman–Crippen LogP) is 4.22. The lowest BCUT2D eigenvalue weighted by Gasteiger charge is -2.26. The van der Waals surface area contributed by atoms with Gasteiger partial charge in [0, 0.05) is 37.7 Å². The van der Waals surface area contributed by atoms with E-state index in [9.17, 15) is 13.2 Å². The number of benzene rings is 1. The second-order valence-electron chi connectivity index (χ2n) is 8.65. The fourth-order valence-electron chi connectivity index (χ4n) is 4.58. The van der Waals surface area contributed by atoms with Gasteiger partial charge in [0.15, 0.2) is 0 Å². The summed E-state index contributed by atoms with van der Waals surface area (Å²) in [5, 5.41) is 0. The van der Waals surface area contributed by atoms with Crippen LogP contribution in [0.4, 0.5) is 0 Å². The number of nitrogens with zero attached hydrogens (tertiary/aromatic N) is 3. The van der Waals surface area contributed by atoms with Crippen LogP contribution in [0.15, 0.2) is 34.2 Å². The molecule has 0 bridgehead atoms. The van der Waals surface area contributed by atoms with Gasteiger partial charge in [-0.25, -0.2) is 0 Å². The second kappa shape index (κ2) is 9.98. The molecule has 1 fully saturated rings. The second-order valence-corrected chi connectivity index (χ2v) is 10.2. The van der Waals surface area contributed by atoms with Gasteiger partial charge < -0.3 is 9.80 Å². The van der Waals surface area contributed by atoms with Crippen LogP contribution in [0.3, 0.4) is 0 Å². The fourth-order valence-corrected chi connectivity index (χ4v) is 6.07. The highest BCUT2D eigenvalue weighted by Gasteiger charge is 2.34. The van der Waals surface area contributed by atoms with Crippen molar-refractivity contribution in [2.24, 2.45) is 10.3 Å². The molecule has 1 saturated heterocycles. The molecule has 0 aromatic heterocycles. The van der Waals surface area contributed by atoms with Crippen LogP contribution >= 0.6 is 0 Å². The summed E-state index contributed by atoms with van der Waals surface area (Å²) < 4.78 is 29.9. The van der Waals surface area contributed by atoms with E-state index in [1.165, 1.54) is 0 Å². The average Bonchev–Trinajstić information content (AvgIpc) is 2.89. The van der Waals surface area contributed by atoms with Gasteiger partial charge in [-0.05, 0) is 38.7 Å². The lowest BCUT2D eigenvalue weighted by atomic mass is 9.96. The summed E-state index contributed by atoms with van der Waals surface area (Å²) in [6.07, 6.45) is 4.69. The van der Waals surface area contributed by atoms with Crippen LogP contribution in [-0.4, -0.2) is 56.1 Å². The maximum Gasteiger partial charge on any atom is 0.285 e. The van der Waals surface area contributed by atoms with E-state index in [4.69, 9.17) is 0 Å². The minimum Gasteiger partial charge on any atom is -0.354 e. The van der Waals surface area contributed by atoms with Crippen molar-refractivity contribution in [3.8, 4) is 0 Å². The molecule has 7 heteroatoms. The topological polar surface area (TPSA) is 70.1 Å². The summed E-state index contributed by atoms with van der Waals surface area (Å²) in [6, 6.07) is 7.52. The normalized spacial score (nSPS) is 19.1. The van der Waals surface area contributed by atoms with Gasteiger partial charge in [-0.1, -0.05) is 56.5 Å². The largest absolute Gasteiger partial charge is 0.354 e. The zero-order valence-corrected chi connectivity index (χ0v) is 20.0. The minimum absolute atomic E-state index is 0.0977. The first-order valence-electron chi connectivity index (χ1n) is 11.5. The van der Waals surface area contributed by atoms with Crippen molar-refractivity contribution >= 4 is 26.7 Å². The summed E-state index contributed by atoms with van der Waals surface area (Å²) >= 11 is 0. The molecule has 1 aromatic rings. The third-order valence-electron chi connectivity index (χ3n) is 6.18. The Balaban J connectivity index is 1.78. The molecule has 0 spiro atoms. The maximum absolute atomic E-state index is 13.1. The number of hydrogen-bond acceptors (Lipinski definition) is 4. The predicted molar refractivity (Wildman–Crippen MR) is 126 cm³/mol. The van der Waals surface area contributed by atoms with Gasteiger partial charge in [0.1, 0.15) is 10.7 Å². The van der Waals surface area contributed by atoms with Gasteiger partial charge in [-0.15, -0.1) is 4.40 Å². The molecule has 170 valence electrons. The van der Waals surface area contributed by atoms with Crippen molar-refractivity contribution in [3.05, 3.63) is 41.0 Å². The highest BCUT2D eigenvalue weighted by molar-refractivity contribution is 8.00. The Hall–Kier alpha value is -2.15. The van der Waals surface area contributed by atoms with Gasteiger partial charge in [0.05, 0.1) is 0 Å². The fraction of sp³-hybridized carbons (Fsp3) is 0.583. The van der Waals surface area contributed by atoms with Crippen LogP contribution in [0.2, 0.25) is 0 Å². The molecule has 3 rings (SSSR count). The van der Waals surface area contributed by atoms with Crippen LogP contribution < -0.4 is 0 Å². The van der Waals surface area contributed by atoms with Crippen molar-refractivity contribution < 1.29 is 13.2 Å². The zero-order chi connectivity index (χ0) is 22.6. The molecule has 0 unspecified atom stereocenters. The van der Waals surface area contributed by atoms with E-state index in [1.54, 1.807) is 0 Å². The molecule has 6 nitrogen and oxygen atoms in total. The Morgan fingerprint density at radius 1 is 1.00 bits per heavy atom. The molecule has 0 N–H and O–H groups in total. The Kier molecular flexibility index (Phi) is 7.57. The lowest BCUT2D eigenvalue weighted by Crippen LogP contribution is -2.40. The van der Waals surface area contributed by atoms with Crippen molar-refractivity contribution in [3.63, 3.8) is 0 Å². The smallest absolute Gasteiger partial charge is 0.285 e. The van der Waals surface area contributed by atoms with E-state index in [-0.39, 0.29) is 11.8 Å². The molecule has 0 atom stereocenters. The Labute approximate surface area is 187 Å². The first kappa shape index (κ1) is 23.5. The monoisotopic (exact) mass is 445 g/mol. The maximum atomic E-state index is 13.1. The van der Waals surface area contributed by atoms with Gasteiger partial charge >= 0.3 is 0 Å². The van der Waals surface area contributed by atoms with Crippen molar-refractivity contribution in [2.45, 2.75) is 59.8 Å². The number of amidine groups is 1. The number of amides is 1. The first-order valence-corrected chi connectivity index (χ1v) is 12.9. The number of sulfonamides is 1. The van der Waals surface area contributed by atoms with Crippen LogP contribution in [0.1, 0.15) is 64.0 Å². The Morgan fingerprint density at radius 2 is 1.65 bits per heavy atom. The summed E-state index contributed by atoms with van der Waals surface area (Å²) in [4.78, 5) is 17.4. The first-order chi connectivity index (χ1) is 14.8. The van der Waals surface area contributed by atoms with Crippen molar-refractivity contribution in [1.82, 2.24) is 9.80 Å². The number of carbonyl (C=O) groups is 1. The number of aryl methyl sites for hydroxylation is 1. The minimum atomic E-state index is -3.73. The summed E-state index contributed by atoms with van der Waals surface area (Å²) in [5.74, 6) is 0.878. The standard InChI is InChI=1S/C24H35N3O3S/c1-5-8-21(9-6-2)24(28)27-15-7-14-26(16-17-27)23-19(4)22(31(29,30)25-23)20-12-10-18(3)11-13-20/h10-13,21H,5-9,14-17H2,1-4H3. The SMILES string of the molecule is CCCC(CCC)C(=O)N1CCCN(C2=NS(=O)(=O)C(c3ccc(C)cc3)=C2C)CC1. The highest BCUT2D eigenvalue weighted by Crippen LogP contribution is 2.34. The third kappa shape index (κ3) is 5.20. The molecular formula is C24H35N3O3S. The molecule has 1 amide bonds. The molecule has 0 aliphatic carbocycles. The molecule has 31 heavy (non-hydrogen) atoms. The molecule has 0 saturated carbocycles. The van der Waals surface area contributed by atoms with Gasteiger partial charge in [0.2, 0.25) is 5.91 Å². The van der Waals surface area contributed by atoms with Crippen LogP contribution in [0.5, 0.6) is 0 Å². The van der Waals surface area contributed by atoms with Gasteiger partial charge in [0.25, 0.3) is 10.0 Å². The zero-order valence-electron chi connectivity index (χ0n) is 19.2. The molecule has 1 aromatic carbocycles. The summed E-state index contributed by atoms with van der Waals surface area (Å²) in [6.45, 7) is 10.7. The number of hydrogen-bond donors (Lipinski definition) is 0. The van der Waals surface area contributed by atoms with Crippen molar-refractivity contribution in [2.75, 3.05) is 26.2 Å². The molecule has 2 heterocycles.